The van der Waals surface area contributed by atoms with Crippen molar-refractivity contribution in [1.29, 1.82) is 0 Å². The van der Waals surface area contributed by atoms with Gasteiger partial charge < -0.3 is 0 Å². The van der Waals surface area contributed by atoms with E-state index in [1.807, 2.05) is 0 Å². The molecule has 0 aromatic heterocycles. The predicted octanol–water partition coefficient (Wildman–Crippen LogP) is 6.67. The van der Waals surface area contributed by atoms with Crippen molar-refractivity contribution in [2.75, 3.05) is 0 Å². The van der Waals surface area contributed by atoms with E-state index in [0.29, 0.717) is 0 Å². The van der Waals surface area contributed by atoms with Crippen LogP contribution in [0, 0.1) is 0 Å². The molecule has 0 saturated heterocycles. The molecule has 32 heavy (non-hydrogen) atoms. The van der Waals surface area contributed by atoms with E-state index in [0.717, 1.165) is 0 Å². The molecule has 0 fully saturated rings. The quantitative estimate of drug-likeness (QED) is 0.193. The molecule has 5 aromatic rings. The number of fused-ring (bicyclic) bond motifs is 2. The van der Waals surface area contributed by atoms with Crippen molar-refractivity contribution in [2.45, 2.75) is 26.2 Å². The van der Waals surface area contributed by atoms with Crippen LogP contribution in [0.25, 0.3) is 21.5 Å². The van der Waals surface area contributed by atoms with Gasteiger partial charge in [-0.15, -0.1) is 0 Å². The number of rotatable bonds is 3. The average Bonchev–Trinajstić information content (AvgIpc) is 2.82. The molecule has 0 heterocycles. The van der Waals surface area contributed by atoms with Crippen molar-refractivity contribution in [3.63, 3.8) is 0 Å². The van der Waals surface area contributed by atoms with Crippen LogP contribution < -0.4 is 15.9 Å². The van der Waals surface area contributed by atoms with Crippen LogP contribution in [0.4, 0.5) is 0 Å². The summed E-state index contributed by atoms with van der Waals surface area (Å²) >= 11 is 3.74. The van der Waals surface area contributed by atoms with Gasteiger partial charge in [0.25, 0.3) is 0 Å². The summed E-state index contributed by atoms with van der Waals surface area (Å²) in [5.74, 6) is 0. The molecule has 0 unspecified atom stereocenters. The Balaban J connectivity index is 1.76. The molecule has 0 N–H and O–H groups in total. The van der Waals surface area contributed by atoms with Gasteiger partial charge in [-0.1, -0.05) is 0 Å². The fraction of sp³-hybridized carbons (Fsp3) is 0.133. The first-order valence-electron chi connectivity index (χ1n) is 11.1. The van der Waals surface area contributed by atoms with Crippen molar-refractivity contribution in [3.05, 3.63) is 115 Å². The summed E-state index contributed by atoms with van der Waals surface area (Å²) in [6.07, 6.45) is 0. The third-order valence-corrected chi connectivity index (χ3v) is 13.3. The first kappa shape index (κ1) is 21.4. The molecule has 0 aliphatic rings. The normalized spacial score (nSPS) is 12.3. The van der Waals surface area contributed by atoms with E-state index < -0.39 is 5.51 Å². The monoisotopic (exact) mass is 498 g/mol. The van der Waals surface area contributed by atoms with E-state index in [4.69, 9.17) is 0 Å². The molecule has 5 rings (SSSR count). The number of benzene rings is 5. The van der Waals surface area contributed by atoms with E-state index in [1.54, 1.807) is 0 Å². The molecule has 158 valence electrons. The summed E-state index contributed by atoms with van der Waals surface area (Å²) < 4.78 is 0. The van der Waals surface area contributed by atoms with Crippen LogP contribution in [0.2, 0.25) is 0 Å². The molecule has 0 spiro atoms. The second-order valence-electron chi connectivity index (χ2n) is 9.47. The minimum absolute atomic E-state index is 0.142. The Bertz CT molecular complexity index is 1390. The zero-order valence-corrected chi connectivity index (χ0v) is 21.4. The third-order valence-electron chi connectivity index (χ3n) is 6.29. The molecule has 0 saturated carbocycles. The molecule has 0 aliphatic carbocycles. The molecule has 0 atom stereocenters. The second kappa shape index (κ2) is 8.17. The van der Waals surface area contributed by atoms with E-state index in [1.165, 1.54) is 43.0 Å². The standard InChI is InChI=1S/C30H27PSe/c1-30(2,3)26-14-18-27(19-15-26)31(32,28-16-12-22-8-4-6-10-24(22)20-28)29-17-13-23-9-5-7-11-25(23)21-29/h4-21H,1-3H3. The van der Waals surface area contributed by atoms with Crippen molar-refractivity contribution < 1.29 is 0 Å². The Labute approximate surface area is 198 Å². The van der Waals surface area contributed by atoms with Gasteiger partial charge in [-0.2, -0.15) is 0 Å². The fourth-order valence-electron chi connectivity index (χ4n) is 4.36. The molecule has 0 aliphatic heterocycles. The van der Waals surface area contributed by atoms with Gasteiger partial charge in [-0.25, -0.2) is 0 Å². The van der Waals surface area contributed by atoms with E-state index in [-0.39, 0.29) is 5.41 Å². The SMILES string of the molecule is CC(C)(C)c1ccc(P(=[Se])(c2ccc3ccccc3c2)c2ccc3ccccc3c2)cc1. The molecule has 0 bridgehead atoms. The van der Waals surface area contributed by atoms with E-state index in [2.05, 4.69) is 145 Å². The maximum atomic E-state index is 3.74. The molecular formula is C30H27PSe. The summed E-state index contributed by atoms with van der Waals surface area (Å²) in [6, 6.07) is 40.5. The summed E-state index contributed by atoms with van der Waals surface area (Å²) in [5.41, 5.74) is -0.425. The van der Waals surface area contributed by atoms with Crippen molar-refractivity contribution >= 4 is 58.1 Å². The summed E-state index contributed by atoms with van der Waals surface area (Å²) in [7, 11) is 0. The summed E-state index contributed by atoms with van der Waals surface area (Å²) in [5, 5.41) is 9.25. The fourth-order valence-corrected chi connectivity index (χ4v) is 9.23. The zero-order valence-electron chi connectivity index (χ0n) is 18.7. The van der Waals surface area contributed by atoms with Gasteiger partial charge >= 0.3 is 199 Å². The van der Waals surface area contributed by atoms with Crippen LogP contribution >= 0.6 is 5.51 Å². The predicted molar refractivity (Wildman–Crippen MR) is 145 cm³/mol. The van der Waals surface area contributed by atoms with Gasteiger partial charge in [0.15, 0.2) is 0 Å². The topological polar surface area (TPSA) is 0 Å². The second-order valence-corrected chi connectivity index (χ2v) is 15.7. The van der Waals surface area contributed by atoms with Crippen molar-refractivity contribution in [3.8, 4) is 0 Å². The molecule has 5 aromatic carbocycles. The van der Waals surface area contributed by atoms with Crippen LogP contribution in [0.15, 0.2) is 109 Å². The third kappa shape index (κ3) is 3.80. The Hall–Kier alpha value is -2.43. The molecule has 0 radical (unpaired) electrons. The minimum atomic E-state index is -1.93. The Kier molecular flexibility index (Phi) is 5.46. The van der Waals surface area contributed by atoms with Gasteiger partial charge in [-0.05, 0) is 0 Å². The molecule has 2 heteroatoms. The Morgan fingerprint density at radius 2 is 0.906 bits per heavy atom. The van der Waals surface area contributed by atoms with E-state index >= 15 is 0 Å². The van der Waals surface area contributed by atoms with Gasteiger partial charge in [-0.3, -0.25) is 0 Å². The summed E-state index contributed by atoms with van der Waals surface area (Å²) in [6.45, 7) is 6.82. The molecule has 0 nitrogen and oxygen atoms in total. The first-order chi connectivity index (χ1) is 15.4. The van der Waals surface area contributed by atoms with Gasteiger partial charge in [0.2, 0.25) is 0 Å². The number of hydrogen-bond donors (Lipinski definition) is 0. The van der Waals surface area contributed by atoms with Gasteiger partial charge in [0.1, 0.15) is 0 Å². The Morgan fingerprint density at radius 1 is 0.500 bits per heavy atom. The number of hydrogen-bond acceptors (Lipinski definition) is 0. The molecule has 0 amide bonds. The summed E-state index contributed by atoms with van der Waals surface area (Å²) in [4.78, 5) is 0. The Morgan fingerprint density at radius 3 is 1.34 bits per heavy atom. The van der Waals surface area contributed by atoms with Crippen LogP contribution in [-0.2, 0) is 5.41 Å². The zero-order chi connectivity index (χ0) is 22.3. The average molecular weight is 497 g/mol. The maximum absolute atomic E-state index is 3.74. The van der Waals surface area contributed by atoms with E-state index in [9.17, 15) is 0 Å². The van der Waals surface area contributed by atoms with Crippen LogP contribution in [0.3, 0.4) is 0 Å². The van der Waals surface area contributed by atoms with Crippen LogP contribution in [0.5, 0.6) is 0 Å². The van der Waals surface area contributed by atoms with Crippen molar-refractivity contribution in [1.82, 2.24) is 0 Å². The van der Waals surface area contributed by atoms with Crippen molar-refractivity contribution in [2.24, 2.45) is 0 Å². The molecular weight excluding hydrogens is 470 g/mol. The van der Waals surface area contributed by atoms with Gasteiger partial charge in [0, 0.05) is 0 Å². The van der Waals surface area contributed by atoms with Gasteiger partial charge in [0.05, 0.1) is 0 Å². The van der Waals surface area contributed by atoms with Crippen LogP contribution in [0.1, 0.15) is 26.3 Å². The van der Waals surface area contributed by atoms with Crippen LogP contribution in [-0.4, -0.2) is 15.1 Å². The first-order valence-corrected chi connectivity index (χ1v) is 15.1.